The Morgan fingerprint density at radius 3 is 2.53 bits per heavy atom. The van der Waals surface area contributed by atoms with E-state index in [1.54, 1.807) is 34.0 Å². The maximum atomic E-state index is 12.9. The summed E-state index contributed by atoms with van der Waals surface area (Å²) in [5.74, 6) is -1.45. The minimum absolute atomic E-state index is 0.186. The van der Waals surface area contributed by atoms with E-state index < -0.39 is 21.8 Å². The normalized spacial score (nSPS) is 17.5. The first-order valence-corrected chi connectivity index (χ1v) is 12.3. The number of amides is 2. The lowest BCUT2D eigenvalue weighted by atomic mass is 10.0. The highest BCUT2D eigenvalue weighted by molar-refractivity contribution is 7.91. The molecule has 0 spiro atoms. The zero-order valence-corrected chi connectivity index (χ0v) is 18.8. The Morgan fingerprint density at radius 2 is 1.87 bits per heavy atom. The van der Waals surface area contributed by atoms with Crippen LogP contribution in [0.15, 0.2) is 39.9 Å². The molecule has 2 aromatic rings. The molecule has 1 aliphatic heterocycles. The van der Waals surface area contributed by atoms with Gasteiger partial charge >= 0.3 is 11.8 Å². The molecule has 162 valence electrons. The fourth-order valence-electron chi connectivity index (χ4n) is 3.77. The van der Waals surface area contributed by atoms with Crippen molar-refractivity contribution in [1.29, 1.82) is 0 Å². The van der Waals surface area contributed by atoms with Crippen molar-refractivity contribution in [2.45, 2.75) is 49.8 Å². The quantitative estimate of drug-likeness (QED) is 0.663. The van der Waals surface area contributed by atoms with E-state index in [1.165, 1.54) is 11.3 Å². The minimum Gasteiger partial charge on any atom is -0.348 e. The van der Waals surface area contributed by atoms with Gasteiger partial charge in [-0.2, -0.15) is 4.31 Å². The van der Waals surface area contributed by atoms with Gasteiger partial charge in [-0.15, -0.1) is 11.3 Å². The molecule has 30 heavy (non-hydrogen) atoms. The summed E-state index contributed by atoms with van der Waals surface area (Å²) in [6, 6.07) is 8.74. The van der Waals surface area contributed by atoms with Gasteiger partial charge in [-0.3, -0.25) is 9.59 Å². The molecule has 2 amide bonds. The summed E-state index contributed by atoms with van der Waals surface area (Å²) in [6.45, 7) is 4.55. The number of nitrogens with one attached hydrogen (secondary N) is 2. The second-order valence-electron chi connectivity index (χ2n) is 7.57. The third-order valence-electron chi connectivity index (χ3n) is 5.08. The van der Waals surface area contributed by atoms with E-state index in [-0.39, 0.29) is 12.6 Å². The number of carbonyl (C=O) groups excluding carboxylic acids is 2. The fraction of sp³-hybridized carbons (Fsp3) is 0.429. The van der Waals surface area contributed by atoms with E-state index in [0.717, 1.165) is 30.4 Å². The summed E-state index contributed by atoms with van der Waals surface area (Å²) in [7, 11) is -3.52. The Labute approximate surface area is 181 Å². The second-order valence-corrected chi connectivity index (χ2v) is 10.6. The highest BCUT2D eigenvalue weighted by atomic mass is 32.2. The number of sulfonamides is 1. The Bertz CT molecular complexity index is 983. The molecule has 0 unspecified atom stereocenters. The largest absolute Gasteiger partial charge is 0.348 e. The van der Waals surface area contributed by atoms with E-state index in [1.807, 2.05) is 19.9 Å². The Balaban J connectivity index is 1.55. The number of nitrogens with zero attached hydrogens (tertiary/aromatic N) is 1. The average Bonchev–Trinajstić information content (AvgIpc) is 3.23. The van der Waals surface area contributed by atoms with E-state index in [2.05, 4.69) is 10.6 Å². The summed E-state index contributed by atoms with van der Waals surface area (Å²) in [4.78, 5) is 24.3. The SMILES string of the molecule is Cc1cc(C)cc(NC(=O)C(=O)NCC[C@@H]2CCCCN2S(=O)(=O)c2cccs2)c1. The maximum Gasteiger partial charge on any atom is 0.313 e. The summed E-state index contributed by atoms with van der Waals surface area (Å²) in [6.07, 6.45) is 2.98. The van der Waals surface area contributed by atoms with Gasteiger partial charge in [-0.05, 0) is 67.8 Å². The molecule has 7 nitrogen and oxygen atoms in total. The molecule has 3 rings (SSSR count). The van der Waals surface area contributed by atoms with Crippen LogP contribution in [0, 0.1) is 13.8 Å². The summed E-state index contributed by atoms with van der Waals surface area (Å²) < 4.78 is 27.7. The van der Waals surface area contributed by atoms with Crippen LogP contribution in [0.5, 0.6) is 0 Å². The molecule has 0 bridgehead atoms. The molecule has 1 aromatic heterocycles. The molecule has 1 aliphatic rings. The van der Waals surface area contributed by atoms with E-state index in [9.17, 15) is 18.0 Å². The number of thiophene rings is 1. The van der Waals surface area contributed by atoms with Gasteiger partial charge in [0, 0.05) is 24.8 Å². The number of benzene rings is 1. The smallest absolute Gasteiger partial charge is 0.313 e. The molecule has 1 aromatic carbocycles. The van der Waals surface area contributed by atoms with Crippen LogP contribution < -0.4 is 10.6 Å². The maximum absolute atomic E-state index is 12.9. The van der Waals surface area contributed by atoms with Crippen molar-refractivity contribution in [1.82, 2.24) is 9.62 Å². The van der Waals surface area contributed by atoms with Crippen LogP contribution in [-0.2, 0) is 19.6 Å². The molecular weight excluding hydrogens is 422 g/mol. The predicted octanol–water partition coefficient (Wildman–Crippen LogP) is 3.05. The zero-order chi connectivity index (χ0) is 21.7. The van der Waals surface area contributed by atoms with E-state index in [0.29, 0.717) is 22.9 Å². The highest BCUT2D eigenvalue weighted by Gasteiger charge is 2.33. The zero-order valence-electron chi connectivity index (χ0n) is 17.2. The van der Waals surface area contributed by atoms with Gasteiger partial charge in [0.2, 0.25) is 0 Å². The molecular formula is C21H27N3O4S2. The van der Waals surface area contributed by atoms with Gasteiger partial charge in [0.05, 0.1) is 0 Å². The van der Waals surface area contributed by atoms with Gasteiger partial charge in [0.1, 0.15) is 4.21 Å². The van der Waals surface area contributed by atoms with Crippen molar-refractivity contribution in [2.24, 2.45) is 0 Å². The van der Waals surface area contributed by atoms with Crippen LogP contribution >= 0.6 is 11.3 Å². The number of anilines is 1. The van der Waals surface area contributed by atoms with Crippen molar-refractivity contribution in [3.8, 4) is 0 Å². The molecule has 1 atom stereocenters. The van der Waals surface area contributed by atoms with Crippen molar-refractivity contribution in [3.63, 3.8) is 0 Å². The molecule has 0 radical (unpaired) electrons. The third kappa shape index (κ3) is 5.47. The van der Waals surface area contributed by atoms with Gasteiger partial charge < -0.3 is 10.6 Å². The van der Waals surface area contributed by atoms with Gasteiger partial charge in [-0.25, -0.2) is 8.42 Å². The molecule has 1 saturated heterocycles. The second kappa shape index (κ2) is 9.72. The highest BCUT2D eigenvalue weighted by Crippen LogP contribution is 2.29. The number of carbonyl (C=O) groups is 2. The molecule has 9 heteroatoms. The number of piperidine rings is 1. The number of hydrogen-bond acceptors (Lipinski definition) is 5. The van der Waals surface area contributed by atoms with Crippen molar-refractivity contribution < 1.29 is 18.0 Å². The fourth-order valence-corrected chi connectivity index (χ4v) is 6.62. The lowest BCUT2D eigenvalue weighted by molar-refractivity contribution is -0.136. The lowest BCUT2D eigenvalue weighted by Crippen LogP contribution is -2.45. The summed E-state index contributed by atoms with van der Waals surface area (Å²) in [5, 5.41) is 6.97. The molecule has 2 heterocycles. The molecule has 0 aliphatic carbocycles. The van der Waals surface area contributed by atoms with Gasteiger partial charge in [0.25, 0.3) is 10.0 Å². The van der Waals surface area contributed by atoms with Crippen molar-refractivity contribution in [2.75, 3.05) is 18.4 Å². The van der Waals surface area contributed by atoms with Crippen LogP contribution in [0.25, 0.3) is 0 Å². The van der Waals surface area contributed by atoms with E-state index >= 15 is 0 Å². The monoisotopic (exact) mass is 449 g/mol. The molecule has 1 fully saturated rings. The van der Waals surface area contributed by atoms with Crippen LogP contribution in [0.1, 0.15) is 36.8 Å². The van der Waals surface area contributed by atoms with Crippen LogP contribution in [0.2, 0.25) is 0 Å². The lowest BCUT2D eigenvalue weighted by Gasteiger charge is -2.34. The molecule has 0 saturated carbocycles. The molecule has 2 N–H and O–H groups in total. The predicted molar refractivity (Wildman–Crippen MR) is 118 cm³/mol. The topological polar surface area (TPSA) is 95.6 Å². The van der Waals surface area contributed by atoms with Crippen molar-refractivity contribution >= 4 is 38.9 Å². The van der Waals surface area contributed by atoms with Crippen LogP contribution in [0.4, 0.5) is 5.69 Å². The minimum atomic E-state index is -3.52. The first-order valence-electron chi connectivity index (χ1n) is 10.00. The first kappa shape index (κ1) is 22.5. The summed E-state index contributed by atoms with van der Waals surface area (Å²) >= 11 is 1.21. The van der Waals surface area contributed by atoms with Crippen LogP contribution in [-0.4, -0.2) is 43.7 Å². The number of aryl methyl sites for hydroxylation is 2. The Morgan fingerprint density at radius 1 is 1.13 bits per heavy atom. The summed E-state index contributed by atoms with van der Waals surface area (Å²) in [5.41, 5.74) is 2.57. The van der Waals surface area contributed by atoms with Gasteiger partial charge in [-0.1, -0.05) is 18.6 Å². The van der Waals surface area contributed by atoms with Crippen LogP contribution in [0.3, 0.4) is 0 Å². The third-order valence-corrected chi connectivity index (χ3v) is 8.40. The standard InChI is InChI=1S/C21H27N3O4S2/c1-15-12-16(2)14-17(13-15)23-21(26)20(25)22-9-8-18-6-3-4-10-24(18)30(27,28)19-7-5-11-29-19/h5,7,11-14,18H,3-4,6,8-10H2,1-2H3,(H,22,25)(H,23,26)/t18-/m0/s1. The van der Waals surface area contributed by atoms with Crippen molar-refractivity contribution in [3.05, 3.63) is 46.8 Å². The average molecular weight is 450 g/mol. The Kier molecular flexibility index (Phi) is 7.27. The van der Waals surface area contributed by atoms with E-state index in [4.69, 9.17) is 0 Å². The Hall–Kier alpha value is -2.23. The first-order chi connectivity index (χ1) is 14.3. The number of hydrogen-bond donors (Lipinski definition) is 2. The number of rotatable bonds is 6. The van der Waals surface area contributed by atoms with Gasteiger partial charge in [0.15, 0.2) is 0 Å².